The van der Waals surface area contributed by atoms with Crippen LogP contribution in [-0.2, 0) is 17.6 Å². The van der Waals surface area contributed by atoms with Crippen molar-refractivity contribution in [2.24, 2.45) is 0 Å². The van der Waals surface area contributed by atoms with Crippen LogP contribution in [0, 0.1) is 0 Å². The van der Waals surface area contributed by atoms with E-state index < -0.39 is 0 Å². The molecule has 8 heteroatoms. The summed E-state index contributed by atoms with van der Waals surface area (Å²) in [6.45, 7) is 1.37. The van der Waals surface area contributed by atoms with Gasteiger partial charge in [-0.3, -0.25) is 14.7 Å². The third-order valence-corrected chi connectivity index (χ3v) is 7.63. The lowest BCUT2D eigenvalue weighted by Gasteiger charge is -2.31. The number of piperidine rings is 1. The van der Waals surface area contributed by atoms with Gasteiger partial charge in [0, 0.05) is 29.4 Å². The fourth-order valence-corrected chi connectivity index (χ4v) is 5.70. The summed E-state index contributed by atoms with van der Waals surface area (Å²) in [4.78, 5) is 33.7. The topological polar surface area (TPSA) is 91.0 Å². The van der Waals surface area contributed by atoms with E-state index in [1.165, 1.54) is 23.3 Å². The number of benzene rings is 1. The first-order valence-corrected chi connectivity index (χ1v) is 12.1. The van der Waals surface area contributed by atoms with E-state index in [-0.39, 0.29) is 24.3 Å². The second-order valence-corrected chi connectivity index (χ2v) is 9.65. The quantitative estimate of drug-likeness (QED) is 0.623. The van der Waals surface area contributed by atoms with Crippen molar-refractivity contribution in [2.45, 2.75) is 44.4 Å². The van der Waals surface area contributed by atoms with Crippen molar-refractivity contribution < 1.29 is 9.59 Å². The number of aromatic amines is 1. The highest BCUT2D eigenvalue weighted by Crippen LogP contribution is 2.30. The normalized spacial score (nSPS) is 16.6. The van der Waals surface area contributed by atoms with E-state index in [2.05, 4.69) is 20.5 Å². The van der Waals surface area contributed by atoms with Gasteiger partial charge < -0.3 is 10.2 Å². The Hall–Kier alpha value is -3.00. The number of carbonyl (C=O) groups excluding carboxylic acids is 2. The Balaban J connectivity index is 1.11. The Kier molecular flexibility index (Phi) is 6.03. The second-order valence-electron chi connectivity index (χ2n) is 8.51. The van der Waals surface area contributed by atoms with Crippen LogP contribution < -0.4 is 5.32 Å². The first-order valence-electron chi connectivity index (χ1n) is 11.3. The highest BCUT2D eigenvalue weighted by molar-refractivity contribution is 7.14. The van der Waals surface area contributed by atoms with E-state index in [1.807, 2.05) is 41.3 Å². The minimum atomic E-state index is -0.136. The van der Waals surface area contributed by atoms with Crippen molar-refractivity contribution in [3.8, 4) is 11.4 Å². The average Bonchev–Trinajstić information content (AvgIpc) is 3.51. The van der Waals surface area contributed by atoms with E-state index in [9.17, 15) is 9.59 Å². The van der Waals surface area contributed by atoms with Crippen LogP contribution in [0.25, 0.3) is 11.4 Å². The SMILES string of the molecule is O=C(NCC(=O)N1CCC(c2nc(-c3ccccc3)n[nH]2)CC1)c1cc2c(s1)CCCC2. The highest BCUT2D eigenvalue weighted by Gasteiger charge is 2.26. The van der Waals surface area contributed by atoms with Crippen molar-refractivity contribution in [1.29, 1.82) is 0 Å². The van der Waals surface area contributed by atoms with Crippen LogP contribution in [0.4, 0.5) is 0 Å². The molecule has 1 fully saturated rings. The van der Waals surface area contributed by atoms with Crippen LogP contribution in [0.1, 0.15) is 57.5 Å². The molecule has 0 spiro atoms. The largest absolute Gasteiger partial charge is 0.342 e. The molecule has 2 N–H and O–H groups in total. The zero-order chi connectivity index (χ0) is 21.9. The van der Waals surface area contributed by atoms with Gasteiger partial charge in [-0.2, -0.15) is 5.10 Å². The Morgan fingerprint density at radius 3 is 2.69 bits per heavy atom. The number of hydrogen-bond acceptors (Lipinski definition) is 5. The zero-order valence-corrected chi connectivity index (χ0v) is 18.8. The maximum atomic E-state index is 12.6. The van der Waals surface area contributed by atoms with Crippen molar-refractivity contribution in [3.63, 3.8) is 0 Å². The summed E-state index contributed by atoms with van der Waals surface area (Å²) in [5.74, 6) is 1.68. The number of fused-ring (bicyclic) bond motifs is 1. The first-order chi connectivity index (χ1) is 15.7. The maximum Gasteiger partial charge on any atom is 0.261 e. The minimum absolute atomic E-state index is 0.0272. The number of likely N-dealkylation sites (tertiary alicyclic amines) is 1. The summed E-state index contributed by atoms with van der Waals surface area (Å²) in [7, 11) is 0. The Labute approximate surface area is 191 Å². The van der Waals surface area contributed by atoms with Gasteiger partial charge in [0.15, 0.2) is 5.82 Å². The summed E-state index contributed by atoms with van der Waals surface area (Å²) in [6, 6.07) is 11.9. The number of nitrogens with one attached hydrogen (secondary N) is 2. The van der Waals surface area contributed by atoms with Gasteiger partial charge in [-0.05, 0) is 50.2 Å². The van der Waals surface area contributed by atoms with Crippen LogP contribution in [0.15, 0.2) is 36.4 Å². The molecule has 1 aliphatic carbocycles. The molecule has 1 aromatic carbocycles. The number of rotatable bonds is 5. The number of hydrogen-bond donors (Lipinski definition) is 2. The molecule has 32 heavy (non-hydrogen) atoms. The first kappa shape index (κ1) is 20.9. The summed E-state index contributed by atoms with van der Waals surface area (Å²) >= 11 is 1.58. The monoisotopic (exact) mass is 449 g/mol. The summed E-state index contributed by atoms with van der Waals surface area (Å²) in [6.07, 6.45) is 6.19. The Morgan fingerprint density at radius 1 is 1.12 bits per heavy atom. The molecule has 1 saturated heterocycles. The van der Waals surface area contributed by atoms with Gasteiger partial charge >= 0.3 is 0 Å². The molecule has 0 unspecified atom stereocenters. The van der Waals surface area contributed by atoms with Gasteiger partial charge in [-0.1, -0.05) is 30.3 Å². The number of nitrogens with zero attached hydrogens (tertiary/aromatic N) is 3. The minimum Gasteiger partial charge on any atom is -0.342 e. The van der Waals surface area contributed by atoms with Gasteiger partial charge in [0.25, 0.3) is 5.91 Å². The van der Waals surface area contributed by atoms with Crippen LogP contribution >= 0.6 is 11.3 Å². The molecule has 2 aliphatic rings. The lowest BCUT2D eigenvalue weighted by Crippen LogP contribution is -2.43. The van der Waals surface area contributed by atoms with Crippen molar-refractivity contribution in [1.82, 2.24) is 25.4 Å². The number of aryl methyl sites for hydroxylation is 2. The van der Waals surface area contributed by atoms with Crippen molar-refractivity contribution in [3.05, 3.63) is 57.5 Å². The van der Waals surface area contributed by atoms with Gasteiger partial charge in [-0.25, -0.2) is 4.98 Å². The van der Waals surface area contributed by atoms with E-state index in [0.29, 0.717) is 18.9 Å². The third kappa shape index (κ3) is 4.46. The molecule has 5 rings (SSSR count). The molecule has 0 atom stereocenters. The van der Waals surface area contributed by atoms with Gasteiger partial charge in [0.1, 0.15) is 5.82 Å². The zero-order valence-electron chi connectivity index (χ0n) is 18.0. The molecule has 1 aliphatic heterocycles. The molecular weight excluding hydrogens is 422 g/mol. The molecule has 2 aromatic heterocycles. The smallest absolute Gasteiger partial charge is 0.261 e. The molecule has 0 radical (unpaired) electrons. The van der Waals surface area contributed by atoms with Gasteiger partial charge in [0.05, 0.1) is 11.4 Å². The lowest BCUT2D eigenvalue weighted by atomic mass is 9.96. The van der Waals surface area contributed by atoms with Crippen LogP contribution in [0.3, 0.4) is 0 Å². The van der Waals surface area contributed by atoms with Crippen LogP contribution in [0.5, 0.6) is 0 Å². The molecular formula is C24H27N5O2S. The van der Waals surface area contributed by atoms with Crippen LogP contribution in [-0.4, -0.2) is 51.5 Å². The molecule has 3 aromatic rings. The summed E-state index contributed by atoms with van der Waals surface area (Å²) in [5, 5.41) is 10.3. The predicted octanol–water partition coefficient (Wildman–Crippen LogP) is 3.55. The fourth-order valence-electron chi connectivity index (χ4n) is 4.53. The van der Waals surface area contributed by atoms with Crippen LogP contribution in [0.2, 0.25) is 0 Å². The van der Waals surface area contributed by atoms with Crippen molar-refractivity contribution >= 4 is 23.2 Å². The Morgan fingerprint density at radius 2 is 1.91 bits per heavy atom. The van der Waals surface area contributed by atoms with E-state index >= 15 is 0 Å². The molecule has 0 saturated carbocycles. The molecule has 3 heterocycles. The average molecular weight is 450 g/mol. The van der Waals surface area contributed by atoms with Gasteiger partial charge in [0.2, 0.25) is 5.91 Å². The molecule has 166 valence electrons. The standard InChI is InChI=1S/C24H27N5O2S/c30-21(15-25-24(31)20-14-18-8-4-5-9-19(18)32-20)29-12-10-17(11-13-29)23-26-22(27-28-23)16-6-2-1-3-7-16/h1-3,6-7,14,17H,4-5,8-13,15H2,(H,25,31)(H,26,27,28). The number of amides is 2. The molecule has 7 nitrogen and oxygen atoms in total. The van der Waals surface area contributed by atoms with E-state index in [0.717, 1.165) is 41.9 Å². The molecule has 2 amide bonds. The number of aromatic nitrogens is 3. The Bertz CT molecular complexity index is 1080. The van der Waals surface area contributed by atoms with Crippen molar-refractivity contribution in [2.75, 3.05) is 19.6 Å². The highest BCUT2D eigenvalue weighted by atomic mass is 32.1. The predicted molar refractivity (Wildman–Crippen MR) is 124 cm³/mol. The second kappa shape index (κ2) is 9.24. The van der Waals surface area contributed by atoms with Gasteiger partial charge in [-0.15, -0.1) is 11.3 Å². The molecule has 0 bridgehead atoms. The number of H-pyrrole nitrogens is 1. The summed E-state index contributed by atoms with van der Waals surface area (Å²) in [5.41, 5.74) is 2.30. The fraction of sp³-hybridized carbons (Fsp3) is 0.417. The number of carbonyl (C=O) groups is 2. The van der Waals surface area contributed by atoms with E-state index in [4.69, 9.17) is 0 Å². The third-order valence-electron chi connectivity index (χ3n) is 6.39. The van der Waals surface area contributed by atoms with E-state index in [1.54, 1.807) is 11.3 Å². The maximum absolute atomic E-state index is 12.6. The lowest BCUT2D eigenvalue weighted by molar-refractivity contribution is -0.131. The number of thiophene rings is 1. The summed E-state index contributed by atoms with van der Waals surface area (Å²) < 4.78 is 0.